The second kappa shape index (κ2) is 5.53. The van der Waals surface area contributed by atoms with Gasteiger partial charge in [-0.15, -0.1) is 0 Å². The van der Waals surface area contributed by atoms with Crippen LogP contribution in [0.2, 0.25) is 0 Å². The number of carbonyl (C=O) groups is 1. The minimum atomic E-state index is -0.245. The Morgan fingerprint density at radius 3 is 2.93 bits per heavy atom. The molecule has 0 atom stereocenters. The van der Waals surface area contributed by atoms with Crippen molar-refractivity contribution in [3.63, 3.8) is 0 Å². The number of hydrogen-bond donors (Lipinski definition) is 1. The average Bonchev–Trinajstić information content (AvgIpc) is 2.70. The van der Waals surface area contributed by atoms with E-state index in [1.54, 1.807) is 42.9 Å². The SMILES string of the molecule is C=C/C=C\C=C\NC(=O)n1ccnc1. The topological polar surface area (TPSA) is 46.9 Å². The predicted molar refractivity (Wildman–Crippen MR) is 54.6 cm³/mol. The maximum absolute atomic E-state index is 11.3. The van der Waals surface area contributed by atoms with Crippen molar-refractivity contribution >= 4 is 6.03 Å². The van der Waals surface area contributed by atoms with Crippen LogP contribution in [-0.2, 0) is 0 Å². The van der Waals surface area contributed by atoms with Gasteiger partial charge in [-0.2, -0.15) is 0 Å². The third-order valence-electron chi connectivity index (χ3n) is 1.40. The highest BCUT2D eigenvalue weighted by atomic mass is 16.2. The highest BCUT2D eigenvalue weighted by Crippen LogP contribution is 1.84. The van der Waals surface area contributed by atoms with Gasteiger partial charge in [-0.25, -0.2) is 9.78 Å². The second-order valence-electron chi connectivity index (χ2n) is 2.40. The fourth-order valence-electron chi connectivity index (χ4n) is 0.771. The van der Waals surface area contributed by atoms with E-state index in [0.29, 0.717) is 0 Å². The zero-order chi connectivity index (χ0) is 10.2. The third kappa shape index (κ3) is 3.10. The number of carbonyl (C=O) groups excluding carboxylic acids is 1. The summed E-state index contributed by atoms with van der Waals surface area (Å²) >= 11 is 0. The molecule has 0 spiro atoms. The Morgan fingerprint density at radius 1 is 1.43 bits per heavy atom. The molecule has 1 aromatic heterocycles. The van der Waals surface area contributed by atoms with Gasteiger partial charge in [0, 0.05) is 18.6 Å². The average molecular weight is 189 g/mol. The molecule has 1 amide bonds. The lowest BCUT2D eigenvalue weighted by atomic mass is 10.5. The van der Waals surface area contributed by atoms with Crippen LogP contribution in [0.25, 0.3) is 0 Å². The smallest absolute Gasteiger partial charge is 0.314 e. The van der Waals surface area contributed by atoms with Gasteiger partial charge in [-0.05, 0) is 6.08 Å². The first kappa shape index (κ1) is 9.98. The lowest BCUT2D eigenvalue weighted by Crippen LogP contribution is -2.22. The minimum Gasteiger partial charge on any atom is -0.314 e. The lowest BCUT2D eigenvalue weighted by molar-refractivity contribution is 0.245. The summed E-state index contributed by atoms with van der Waals surface area (Å²) < 4.78 is 1.35. The van der Waals surface area contributed by atoms with Gasteiger partial charge in [0.05, 0.1) is 0 Å². The molecule has 0 fully saturated rings. The number of allylic oxidation sites excluding steroid dienone is 4. The molecule has 4 nitrogen and oxygen atoms in total. The Balaban J connectivity index is 2.39. The van der Waals surface area contributed by atoms with Crippen LogP contribution < -0.4 is 5.32 Å². The molecule has 14 heavy (non-hydrogen) atoms. The predicted octanol–water partition coefficient (Wildman–Crippen LogP) is 1.70. The Morgan fingerprint density at radius 2 is 2.29 bits per heavy atom. The van der Waals surface area contributed by atoms with E-state index < -0.39 is 0 Å². The second-order valence-corrected chi connectivity index (χ2v) is 2.40. The summed E-state index contributed by atoms with van der Waals surface area (Å²) in [4.78, 5) is 15.0. The van der Waals surface area contributed by atoms with Gasteiger partial charge in [0.15, 0.2) is 0 Å². The van der Waals surface area contributed by atoms with Crippen LogP contribution in [0.1, 0.15) is 0 Å². The molecule has 0 unspecified atom stereocenters. The van der Waals surface area contributed by atoms with Crippen molar-refractivity contribution < 1.29 is 4.79 Å². The highest BCUT2D eigenvalue weighted by Gasteiger charge is 1.97. The molecule has 0 aliphatic carbocycles. The van der Waals surface area contributed by atoms with Crippen LogP contribution >= 0.6 is 0 Å². The number of rotatable bonds is 3. The first-order chi connectivity index (χ1) is 6.84. The van der Waals surface area contributed by atoms with Gasteiger partial charge in [0.25, 0.3) is 0 Å². The van der Waals surface area contributed by atoms with Crippen molar-refractivity contribution in [1.29, 1.82) is 0 Å². The molecule has 1 heterocycles. The third-order valence-corrected chi connectivity index (χ3v) is 1.40. The summed E-state index contributed by atoms with van der Waals surface area (Å²) in [6.45, 7) is 3.51. The van der Waals surface area contributed by atoms with Crippen LogP contribution in [0.3, 0.4) is 0 Å². The molecule has 72 valence electrons. The molecule has 4 heteroatoms. The number of nitrogens with zero attached hydrogens (tertiary/aromatic N) is 2. The lowest BCUT2D eigenvalue weighted by Gasteiger charge is -1.97. The molecule has 1 rings (SSSR count). The standard InChI is InChI=1S/C10H11N3O/c1-2-3-4-5-6-12-10(14)13-8-7-11-9-13/h2-9H,1H2,(H,12,14)/b4-3-,6-5+. The Kier molecular flexibility index (Phi) is 3.94. The molecule has 1 N–H and O–H groups in total. The van der Waals surface area contributed by atoms with Gasteiger partial charge in [-0.3, -0.25) is 4.57 Å². The molecule has 0 aliphatic rings. The monoisotopic (exact) mass is 189 g/mol. The molecule has 0 aliphatic heterocycles. The molecular formula is C10H11N3O. The van der Waals surface area contributed by atoms with Crippen LogP contribution in [0, 0.1) is 0 Å². The summed E-state index contributed by atoms with van der Waals surface area (Å²) in [6, 6.07) is -0.245. The molecule has 1 aromatic rings. The summed E-state index contributed by atoms with van der Waals surface area (Å²) in [6.07, 6.45) is 13.0. The van der Waals surface area contributed by atoms with E-state index in [9.17, 15) is 4.79 Å². The molecule has 0 bridgehead atoms. The van der Waals surface area contributed by atoms with Crippen molar-refractivity contribution in [3.8, 4) is 0 Å². The minimum absolute atomic E-state index is 0.245. The van der Waals surface area contributed by atoms with E-state index in [1.165, 1.54) is 10.9 Å². The number of amides is 1. The zero-order valence-electron chi connectivity index (χ0n) is 7.63. The summed E-state index contributed by atoms with van der Waals surface area (Å²) in [5.41, 5.74) is 0. The van der Waals surface area contributed by atoms with E-state index in [1.807, 2.05) is 0 Å². The van der Waals surface area contributed by atoms with Crippen LogP contribution in [0.15, 0.2) is 55.8 Å². The summed E-state index contributed by atoms with van der Waals surface area (Å²) in [5, 5.41) is 2.56. The maximum Gasteiger partial charge on any atom is 0.330 e. The van der Waals surface area contributed by atoms with E-state index >= 15 is 0 Å². The number of hydrogen-bond acceptors (Lipinski definition) is 2. The largest absolute Gasteiger partial charge is 0.330 e. The Hall–Kier alpha value is -2.10. The van der Waals surface area contributed by atoms with E-state index in [2.05, 4.69) is 16.9 Å². The van der Waals surface area contributed by atoms with Gasteiger partial charge in [-0.1, -0.05) is 24.8 Å². The van der Waals surface area contributed by atoms with Gasteiger partial charge in [0.1, 0.15) is 6.33 Å². The van der Waals surface area contributed by atoms with Crippen molar-refractivity contribution in [2.24, 2.45) is 0 Å². The maximum atomic E-state index is 11.3. The summed E-state index contributed by atoms with van der Waals surface area (Å²) in [5.74, 6) is 0. The van der Waals surface area contributed by atoms with Crippen LogP contribution in [-0.4, -0.2) is 15.6 Å². The van der Waals surface area contributed by atoms with Crippen LogP contribution in [0.4, 0.5) is 4.79 Å². The van der Waals surface area contributed by atoms with Gasteiger partial charge < -0.3 is 5.32 Å². The first-order valence-corrected chi connectivity index (χ1v) is 4.07. The quantitative estimate of drug-likeness (QED) is 0.735. The number of imidazole rings is 1. The van der Waals surface area contributed by atoms with Crippen molar-refractivity contribution in [2.45, 2.75) is 0 Å². The van der Waals surface area contributed by atoms with Crippen molar-refractivity contribution in [1.82, 2.24) is 14.9 Å². The zero-order valence-corrected chi connectivity index (χ0v) is 7.63. The van der Waals surface area contributed by atoms with Crippen LogP contribution in [0.5, 0.6) is 0 Å². The molecule has 0 saturated heterocycles. The molecule has 0 aromatic carbocycles. The fraction of sp³-hybridized carbons (Fsp3) is 0. The number of aromatic nitrogens is 2. The molecule has 0 saturated carbocycles. The van der Waals surface area contributed by atoms with Crippen molar-refractivity contribution in [3.05, 3.63) is 55.8 Å². The first-order valence-electron chi connectivity index (χ1n) is 4.07. The van der Waals surface area contributed by atoms with E-state index in [-0.39, 0.29) is 6.03 Å². The molecular weight excluding hydrogens is 178 g/mol. The number of nitrogens with one attached hydrogen (secondary N) is 1. The highest BCUT2D eigenvalue weighted by molar-refractivity contribution is 5.77. The normalized spacial score (nSPS) is 10.9. The summed E-state index contributed by atoms with van der Waals surface area (Å²) in [7, 11) is 0. The molecule has 0 radical (unpaired) electrons. The van der Waals surface area contributed by atoms with Gasteiger partial charge in [0.2, 0.25) is 0 Å². The van der Waals surface area contributed by atoms with E-state index in [4.69, 9.17) is 0 Å². The fourth-order valence-corrected chi connectivity index (χ4v) is 0.771. The van der Waals surface area contributed by atoms with Gasteiger partial charge >= 0.3 is 6.03 Å². The Bertz CT molecular complexity index is 349. The van der Waals surface area contributed by atoms with E-state index in [0.717, 1.165) is 0 Å². The Labute approximate surface area is 82.3 Å². The van der Waals surface area contributed by atoms with Crippen molar-refractivity contribution in [2.75, 3.05) is 0 Å².